The first-order chi connectivity index (χ1) is 10.7. The summed E-state index contributed by atoms with van der Waals surface area (Å²) in [4.78, 5) is 26.6. The maximum absolute atomic E-state index is 13.2. The predicted molar refractivity (Wildman–Crippen MR) is 85.0 cm³/mol. The van der Waals surface area contributed by atoms with Crippen molar-refractivity contribution in [3.63, 3.8) is 0 Å². The molecule has 2 rings (SSSR count). The van der Waals surface area contributed by atoms with Crippen LogP contribution in [0.3, 0.4) is 0 Å². The highest BCUT2D eigenvalue weighted by molar-refractivity contribution is 5.95. The van der Waals surface area contributed by atoms with E-state index in [1.54, 1.807) is 23.8 Å². The Balaban J connectivity index is 2.23. The second kappa shape index (κ2) is 6.81. The molecule has 6 heteroatoms. The van der Waals surface area contributed by atoms with Crippen LogP contribution in [0, 0.1) is 12.8 Å². The molecule has 128 valence electrons. The van der Waals surface area contributed by atoms with Gasteiger partial charge in [-0.25, -0.2) is 8.78 Å². The molecule has 0 bridgehead atoms. The Morgan fingerprint density at radius 1 is 1.30 bits per heavy atom. The Kier molecular flexibility index (Phi) is 5.22. The lowest BCUT2D eigenvalue weighted by molar-refractivity contribution is -0.0494. The number of pyridine rings is 1. The molecule has 2 heterocycles. The summed E-state index contributed by atoms with van der Waals surface area (Å²) in [7, 11) is 0. The number of carbonyl (C=O) groups is 1. The number of nitrogens with zero attached hydrogens (tertiary/aromatic N) is 2. The molecule has 0 N–H and O–H groups in total. The Morgan fingerprint density at radius 3 is 2.48 bits per heavy atom. The summed E-state index contributed by atoms with van der Waals surface area (Å²) in [5.41, 5.74) is 0.382. The highest BCUT2D eigenvalue weighted by Crippen LogP contribution is 2.28. The summed E-state index contributed by atoms with van der Waals surface area (Å²) < 4.78 is 28.0. The lowest BCUT2D eigenvalue weighted by Gasteiger charge is -2.32. The van der Waals surface area contributed by atoms with Gasteiger partial charge in [0.05, 0.1) is 0 Å². The third-order valence-electron chi connectivity index (χ3n) is 4.32. The minimum absolute atomic E-state index is 0.00833. The number of aromatic nitrogens is 1. The maximum Gasteiger partial charge on any atom is 0.263 e. The molecule has 0 aromatic carbocycles. The second-order valence-electron chi connectivity index (χ2n) is 6.70. The molecule has 1 aromatic rings. The molecule has 1 aliphatic heterocycles. The van der Waals surface area contributed by atoms with E-state index in [0.717, 1.165) is 6.42 Å². The monoisotopic (exact) mass is 326 g/mol. The van der Waals surface area contributed by atoms with E-state index in [9.17, 15) is 18.4 Å². The van der Waals surface area contributed by atoms with Crippen molar-refractivity contribution < 1.29 is 13.6 Å². The van der Waals surface area contributed by atoms with E-state index in [4.69, 9.17) is 0 Å². The summed E-state index contributed by atoms with van der Waals surface area (Å²) in [5, 5.41) is 0. The van der Waals surface area contributed by atoms with Gasteiger partial charge in [0.15, 0.2) is 0 Å². The lowest BCUT2D eigenvalue weighted by atomic mass is 10.0. The summed E-state index contributed by atoms with van der Waals surface area (Å²) in [6, 6.07) is 1.74. The number of likely N-dealkylation sites (tertiary alicyclic amines) is 1. The fourth-order valence-electron chi connectivity index (χ4n) is 2.69. The van der Waals surface area contributed by atoms with Crippen molar-refractivity contribution in [3.8, 4) is 0 Å². The number of piperidine rings is 1. The summed E-state index contributed by atoms with van der Waals surface area (Å²) >= 11 is 0. The van der Waals surface area contributed by atoms with Gasteiger partial charge in [0.2, 0.25) is 0 Å². The third-order valence-corrected chi connectivity index (χ3v) is 4.32. The van der Waals surface area contributed by atoms with Crippen LogP contribution in [0.4, 0.5) is 8.78 Å². The number of carbonyl (C=O) groups excluding carboxylic acids is 1. The second-order valence-corrected chi connectivity index (χ2v) is 6.70. The van der Waals surface area contributed by atoms with Crippen LogP contribution in [0.1, 0.15) is 49.0 Å². The maximum atomic E-state index is 13.2. The Labute approximate surface area is 135 Å². The number of hydrogen-bond donors (Lipinski definition) is 0. The molecule has 0 spiro atoms. The smallest absolute Gasteiger partial charge is 0.263 e. The molecule has 1 aromatic heterocycles. The highest BCUT2D eigenvalue weighted by Gasteiger charge is 2.36. The van der Waals surface area contributed by atoms with Crippen molar-refractivity contribution in [3.05, 3.63) is 33.7 Å². The number of aryl methyl sites for hydroxylation is 2. The van der Waals surface area contributed by atoms with E-state index in [1.807, 2.05) is 0 Å². The first kappa shape index (κ1) is 17.6. The zero-order valence-electron chi connectivity index (χ0n) is 13.9. The standard InChI is InChI=1S/C17H24F2N2O2/c1-12(2)4-8-20-9-5-13(3)14(15(20)22)16(23)21-10-6-17(18,19)7-11-21/h5,9,12H,4,6-8,10-11H2,1-3H3. The Morgan fingerprint density at radius 2 is 1.91 bits per heavy atom. The number of amides is 1. The van der Waals surface area contributed by atoms with Gasteiger partial charge in [0.25, 0.3) is 17.4 Å². The normalized spacial score (nSPS) is 17.6. The molecule has 0 saturated carbocycles. The number of rotatable bonds is 4. The molecule has 0 aliphatic carbocycles. The molecule has 23 heavy (non-hydrogen) atoms. The van der Waals surface area contributed by atoms with E-state index < -0.39 is 11.8 Å². The molecule has 0 radical (unpaired) electrons. The fourth-order valence-corrected chi connectivity index (χ4v) is 2.69. The zero-order chi connectivity index (χ0) is 17.2. The SMILES string of the molecule is Cc1ccn(CCC(C)C)c(=O)c1C(=O)N1CCC(F)(F)CC1. The van der Waals surface area contributed by atoms with Crippen LogP contribution < -0.4 is 5.56 Å². The van der Waals surface area contributed by atoms with Crippen LogP contribution in [0.5, 0.6) is 0 Å². The molecule has 0 atom stereocenters. The van der Waals surface area contributed by atoms with E-state index in [2.05, 4.69) is 13.8 Å². The first-order valence-corrected chi connectivity index (χ1v) is 8.08. The van der Waals surface area contributed by atoms with E-state index in [0.29, 0.717) is 18.0 Å². The average Bonchev–Trinajstić information content (AvgIpc) is 2.46. The van der Waals surface area contributed by atoms with Crippen molar-refractivity contribution in [1.29, 1.82) is 0 Å². The molecule has 1 amide bonds. The summed E-state index contributed by atoms with van der Waals surface area (Å²) in [6.07, 6.45) is 1.85. The van der Waals surface area contributed by atoms with Gasteiger partial charge >= 0.3 is 0 Å². The Hall–Kier alpha value is -1.72. The van der Waals surface area contributed by atoms with Crippen LogP contribution in [0.2, 0.25) is 0 Å². The first-order valence-electron chi connectivity index (χ1n) is 8.08. The minimum atomic E-state index is -2.71. The molecule has 1 saturated heterocycles. The average molecular weight is 326 g/mol. The van der Waals surface area contributed by atoms with Gasteiger partial charge in [-0.3, -0.25) is 9.59 Å². The van der Waals surface area contributed by atoms with Crippen molar-refractivity contribution >= 4 is 5.91 Å². The minimum Gasteiger partial charge on any atom is -0.338 e. The van der Waals surface area contributed by atoms with Gasteiger partial charge in [0.1, 0.15) is 5.56 Å². The van der Waals surface area contributed by atoms with Crippen LogP contribution in [-0.2, 0) is 6.54 Å². The summed E-state index contributed by atoms with van der Waals surface area (Å²) in [5.74, 6) is -2.69. The van der Waals surface area contributed by atoms with E-state index in [1.165, 1.54) is 4.90 Å². The molecular formula is C17H24F2N2O2. The molecule has 1 aliphatic rings. The quantitative estimate of drug-likeness (QED) is 0.853. The van der Waals surface area contributed by atoms with E-state index in [-0.39, 0.29) is 37.1 Å². The third kappa shape index (κ3) is 4.18. The van der Waals surface area contributed by atoms with Crippen molar-refractivity contribution in [1.82, 2.24) is 9.47 Å². The Bertz CT molecular complexity index is 628. The molecule has 0 unspecified atom stereocenters. The highest BCUT2D eigenvalue weighted by atomic mass is 19.3. The van der Waals surface area contributed by atoms with Crippen LogP contribution in [0.15, 0.2) is 17.1 Å². The van der Waals surface area contributed by atoms with Gasteiger partial charge in [-0.05, 0) is 30.9 Å². The predicted octanol–water partition coefficient (Wildman–Crippen LogP) is 3.07. The number of halogens is 2. The van der Waals surface area contributed by atoms with Gasteiger partial charge < -0.3 is 9.47 Å². The van der Waals surface area contributed by atoms with Crippen molar-refractivity contribution in [2.75, 3.05) is 13.1 Å². The lowest BCUT2D eigenvalue weighted by Crippen LogP contribution is -2.45. The largest absolute Gasteiger partial charge is 0.338 e. The topological polar surface area (TPSA) is 42.3 Å². The zero-order valence-corrected chi connectivity index (χ0v) is 13.9. The van der Waals surface area contributed by atoms with Crippen molar-refractivity contribution in [2.24, 2.45) is 5.92 Å². The fraction of sp³-hybridized carbons (Fsp3) is 0.647. The van der Waals surface area contributed by atoms with Crippen LogP contribution in [-0.4, -0.2) is 34.4 Å². The van der Waals surface area contributed by atoms with Gasteiger partial charge in [0, 0.05) is 38.7 Å². The molecular weight excluding hydrogens is 302 g/mol. The number of alkyl halides is 2. The van der Waals surface area contributed by atoms with Gasteiger partial charge in [-0.15, -0.1) is 0 Å². The van der Waals surface area contributed by atoms with Crippen LogP contribution in [0.25, 0.3) is 0 Å². The molecule has 1 fully saturated rings. The molecule has 4 nitrogen and oxygen atoms in total. The summed E-state index contributed by atoms with van der Waals surface area (Å²) in [6.45, 7) is 6.38. The van der Waals surface area contributed by atoms with E-state index >= 15 is 0 Å². The van der Waals surface area contributed by atoms with Crippen molar-refractivity contribution in [2.45, 2.75) is 52.5 Å². The van der Waals surface area contributed by atoms with Crippen LogP contribution >= 0.6 is 0 Å². The number of hydrogen-bond acceptors (Lipinski definition) is 2. The van der Waals surface area contributed by atoms with Gasteiger partial charge in [-0.1, -0.05) is 13.8 Å². The van der Waals surface area contributed by atoms with Gasteiger partial charge in [-0.2, -0.15) is 0 Å².